The fourth-order valence-electron chi connectivity index (χ4n) is 2.34. The zero-order valence-electron chi connectivity index (χ0n) is 17.4. The van der Waals surface area contributed by atoms with Gasteiger partial charge < -0.3 is 10.2 Å². The molecule has 0 aliphatic carbocycles. The second-order valence-electron chi connectivity index (χ2n) is 5.98. The number of allylic oxidation sites excluding steroid dienone is 2. The van der Waals surface area contributed by atoms with Crippen molar-refractivity contribution >= 4 is 22.9 Å². The van der Waals surface area contributed by atoms with Gasteiger partial charge in [-0.15, -0.1) is 0 Å². The Bertz CT molecular complexity index is 755. The van der Waals surface area contributed by atoms with Gasteiger partial charge in [0.2, 0.25) is 0 Å². The van der Waals surface area contributed by atoms with Gasteiger partial charge >= 0.3 is 17.1 Å². The fraction of sp³-hybridized carbons (Fsp3) is 0.250. The van der Waals surface area contributed by atoms with Crippen molar-refractivity contribution in [2.45, 2.75) is 27.7 Å². The van der Waals surface area contributed by atoms with Gasteiger partial charge in [0, 0.05) is 24.5 Å². The molecule has 5 heteroatoms. The first-order valence-corrected chi connectivity index (χ1v) is 9.38. The third-order valence-electron chi connectivity index (χ3n) is 3.61. The molecule has 0 saturated heterocycles. The molecular weight excluding hydrogens is 412 g/mol. The van der Waals surface area contributed by atoms with Crippen LogP contribution in [0.25, 0.3) is 11.5 Å². The Hall–Kier alpha value is -2.62. The number of hydrogen-bond acceptors (Lipinski definition) is 4. The first-order valence-electron chi connectivity index (χ1n) is 9.38. The Morgan fingerprint density at radius 2 is 1.00 bits per heavy atom. The molecule has 29 heavy (non-hydrogen) atoms. The topological polar surface area (TPSA) is 70.8 Å². The van der Waals surface area contributed by atoms with Gasteiger partial charge in [0.05, 0.1) is 0 Å². The van der Waals surface area contributed by atoms with E-state index >= 15 is 0 Å². The average molecular weight is 440 g/mol. The summed E-state index contributed by atoms with van der Waals surface area (Å²) in [6.07, 6.45) is 3.14. The van der Waals surface area contributed by atoms with Crippen LogP contribution in [0.1, 0.15) is 38.8 Å². The predicted molar refractivity (Wildman–Crippen MR) is 116 cm³/mol. The van der Waals surface area contributed by atoms with Gasteiger partial charge in [-0.25, -0.2) is 0 Å². The molecule has 0 bridgehead atoms. The number of rotatable bonds is 6. The monoisotopic (exact) mass is 439 g/mol. The van der Waals surface area contributed by atoms with Crippen molar-refractivity contribution in [1.82, 2.24) is 0 Å². The van der Waals surface area contributed by atoms with Crippen LogP contribution < -0.4 is 10.2 Å². The maximum Gasteiger partial charge on any atom is 2.00 e. The molecule has 0 fully saturated rings. The Labute approximate surface area is 184 Å². The van der Waals surface area contributed by atoms with Crippen molar-refractivity contribution in [3.8, 4) is 0 Å². The molecule has 0 aliphatic rings. The van der Waals surface area contributed by atoms with Crippen molar-refractivity contribution in [2.75, 3.05) is 13.1 Å². The summed E-state index contributed by atoms with van der Waals surface area (Å²) >= 11 is 0. The molecule has 2 aromatic rings. The van der Waals surface area contributed by atoms with E-state index in [1.807, 2.05) is 64.1 Å². The van der Waals surface area contributed by atoms with Crippen LogP contribution in [-0.4, -0.2) is 24.5 Å². The maximum absolute atomic E-state index is 11.6. The van der Waals surface area contributed by atoms with Crippen molar-refractivity contribution in [3.05, 3.63) is 83.9 Å². The van der Waals surface area contributed by atoms with E-state index in [2.05, 4.69) is 9.98 Å². The Morgan fingerprint density at radius 3 is 1.28 bits per heavy atom. The van der Waals surface area contributed by atoms with Crippen LogP contribution >= 0.6 is 0 Å². The quantitative estimate of drug-likeness (QED) is 0.390. The molecule has 0 unspecified atom stereocenters. The summed E-state index contributed by atoms with van der Waals surface area (Å²) in [7, 11) is 0. The van der Waals surface area contributed by atoms with E-state index in [1.54, 1.807) is 36.4 Å². The van der Waals surface area contributed by atoms with Crippen molar-refractivity contribution in [3.63, 3.8) is 0 Å². The van der Waals surface area contributed by atoms with Gasteiger partial charge in [-0.3, -0.25) is 9.98 Å². The van der Waals surface area contributed by atoms with Crippen LogP contribution in [0.5, 0.6) is 0 Å². The number of nitrogens with zero attached hydrogens (tertiary/aromatic N) is 2. The van der Waals surface area contributed by atoms with E-state index < -0.39 is 0 Å². The van der Waals surface area contributed by atoms with Crippen molar-refractivity contribution < 1.29 is 27.3 Å². The van der Waals surface area contributed by atoms with Gasteiger partial charge in [-0.1, -0.05) is 72.2 Å². The fourth-order valence-corrected chi connectivity index (χ4v) is 2.34. The number of hydrogen-bond donors (Lipinski definition) is 0. The zero-order valence-corrected chi connectivity index (χ0v) is 18.3. The minimum Gasteiger partial charge on any atom is -0.872 e. The second-order valence-corrected chi connectivity index (χ2v) is 5.98. The van der Waals surface area contributed by atoms with E-state index in [1.165, 1.54) is 0 Å². The van der Waals surface area contributed by atoms with Gasteiger partial charge in [0.15, 0.2) is 0 Å². The molecule has 157 valence electrons. The molecule has 0 aromatic heterocycles. The standard InChI is InChI=1S/2C12H15NO.Cu/c2*1-3-13-10(2)9-12(14)11-7-5-4-6-8-11;/h2*4-9,14H,3H2,1-2H3;/q;;+2/p-2/b2*12-9-,13-10?;. The third-order valence-corrected chi connectivity index (χ3v) is 3.61. The third kappa shape index (κ3) is 11.1. The summed E-state index contributed by atoms with van der Waals surface area (Å²) < 4.78 is 0. The van der Waals surface area contributed by atoms with Gasteiger partial charge in [0.25, 0.3) is 0 Å². The molecule has 2 aromatic carbocycles. The van der Waals surface area contributed by atoms with Gasteiger partial charge in [-0.05, 0) is 51.0 Å². The largest absolute Gasteiger partial charge is 2.00 e. The van der Waals surface area contributed by atoms with Crippen LogP contribution in [0, 0.1) is 0 Å². The summed E-state index contributed by atoms with van der Waals surface area (Å²) in [6, 6.07) is 18.4. The normalized spacial score (nSPS) is 12.6. The molecule has 0 heterocycles. The summed E-state index contributed by atoms with van der Waals surface area (Å²) in [4.78, 5) is 8.26. The van der Waals surface area contributed by atoms with E-state index in [-0.39, 0.29) is 28.6 Å². The molecule has 2 rings (SSSR count). The van der Waals surface area contributed by atoms with Crippen LogP contribution in [-0.2, 0) is 17.1 Å². The first-order chi connectivity index (χ1) is 13.5. The minimum absolute atomic E-state index is 0. The van der Waals surface area contributed by atoms with Crippen LogP contribution in [0.3, 0.4) is 0 Å². The molecule has 0 aliphatic heterocycles. The van der Waals surface area contributed by atoms with E-state index in [9.17, 15) is 10.2 Å². The predicted octanol–water partition coefficient (Wildman–Crippen LogP) is 3.73. The van der Waals surface area contributed by atoms with Gasteiger partial charge in [0.1, 0.15) is 0 Å². The summed E-state index contributed by atoms with van der Waals surface area (Å²) in [5.41, 5.74) is 2.97. The van der Waals surface area contributed by atoms with Crippen molar-refractivity contribution in [2.24, 2.45) is 9.98 Å². The van der Waals surface area contributed by atoms with Gasteiger partial charge in [-0.2, -0.15) is 0 Å². The molecule has 0 atom stereocenters. The molecule has 0 amide bonds. The first kappa shape index (κ1) is 26.4. The number of aliphatic imine (C=N–C) groups is 2. The Balaban J connectivity index is 0.000000523. The SMILES string of the molecule is CCN=C(C)/C=C(\[O-])c1ccccc1.CCN=C(C)/C=C(\[O-])c1ccccc1.[Cu+2]. The minimum atomic E-state index is 0. The molecule has 1 radical (unpaired) electrons. The Kier molecular flexibility index (Phi) is 13.9. The molecule has 0 spiro atoms. The van der Waals surface area contributed by atoms with Crippen LogP contribution in [0.4, 0.5) is 0 Å². The maximum atomic E-state index is 11.6. The van der Waals surface area contributed by atoms with Crippen LogP contribution in [0.2, 0.25) is 0 Å². The summed E-state index contributed by atoms with van der Waals surface area (Å²) in [6.45, 7) is 9.00. The molecule has 0 saturated carbocycles. The molecule has 0 N–H and O–H groups in total. The Morgan fingerprint density at radius 1 is 0.690 bits per heavy atom. The van der Waals surface area contributed by atoms with Crippen LogP contribution in [0.15, 0.2) is 82.8 Å². The second kappa shape index (κ2) is 15.3. The molecule has 4 nitrogen and oxygen atoms in total. The van der Waals surface area contributed by atoms with E-state index in [4.69, 9.17) is 0 Å². The summed E-state index contributed by atoms with van der Waals surface area (Å²) in [5, 5.41) is 23.2. The molecular formula is C24H28CuN2O2. The number of benzene rings is 2. The van der Waals surface area contributed by atoms with E-state index in [0.29, 0.717) is 24.2 Å². The van der Waals surface area contributed by atoms with E-state index in [0.717, 1.165) is 11.4 Å². The summed E-state index contributed by atoms with van der Waals surface area (Å²) in [5.74, 6) is 0.0283. The smallest absolute Gasteiger partial charge is 0.872 e. The average Bonchev–Trinajstić information content (AvgIpc) is 2.70. The van der Waals surface area contributed by atoms with Crippen molar-refractivity contribution in [1.29, 1.82) is 0 Å². The zero-order chi connectivity index (χ0) is 20.8.